The molecule has 0 aliphatic heterocycles. The lowest BCUT2D eigenvalue weighted by Crippen LogP contribution is -2.44. The number of aliphatic carboxylic acids is 1. The molecule has 0 saturated heterocycles. The Labute approximate surface area is 120 Å². The summed E-state index contributed by atoms with van der Waals surface area (Å²) in [5.74, 6) is -2.47. The number of urea groups is 1. The molecule has 0 unspecified atom stereocenters. The minimum absolute atomic E-state index is 0.00186. The van der Waals surface area contributed by atoms with Crippen LogP contribution < -0.4 is 10.6 Å². The number of carboxylic acid groups (broad SMARTS) is 1. The smallest absolute Gasteiger partial charge is 0.319 e. The Balaban J connectivity index is 1.88. The van der Waals surface area contributed by atoms with E-state index in [2.05, 4.69) is 10.6 Å². The Morgan fingerprint density at radius 3 is 2.29 bits per heavy atom. The van der Waals surface area contributed by atoms with Crippen LogP contribution in [0.1, 0.15) is 25.7 Å². The topological polar surface area (TPSA) is 78.4 Å². The highest BCUT2D eigenvalue weighted by molar-refractivity contribution is 5.89. The SMILES string of the molecule is O=C(O)CC1(CNC(=O)Nc2cc(F)cc(F)c2)CCC1. The molecule has 1 fully saturated rings. The predicted octanol–water partition coefficient (Wildman–Crippen LogP) is 2.73. The van der Waals surface area contributed by atoms with Crippen molar-refractivity contribution in [1.29, 1.82) is 0 Å². The Morgan fingerprint density at radius 2 is 1.81 bits per heavy atom. The molecular weight excluding hydrogens is 282 g/mol. The van der Waals surface area contributed by atoms with Crippen LogP contribution in [0, 0.1) is 17.0 Å². The maximum atomic E-state index is 13.0. The van der Waals surface area contributed by atoms with E-state index in [0.29, 0.717) is 6.07 Å². The Kier molecular flexibility index (Phi) is 4.40. The molecule has 114 valence electrons. The summed E-state index contributed by atoms with van der Waals surface area (Å²) in [7, 11) is 0. The van der Waals surface area contributed by atoms with Crippen molar-refractivity contribution in [3.63, 3.8) is 0 Å². The average molecular weight is 298 g/mol. The van der Waals surface area contributed by atoms with Gasteiger partial charge in [0.25, 0.3) is 0 Å². The number of halogens is 2. The minimum atomic E-state index is -0.899. The van der Waals surface area contributed by atoms with Crippen LogP contribution in [0.2, 0.25) is 0 Å². The maximum Gasteiger partial charge on any atom is 0.319 e. The predicted molar refractivity (Wildman–Crippen MR) is 71.9 cm³/mol. The zero-order valence-electron chi connectivity index (χ0n) is 11.3. The van der Waals surface area contributed by atoms with Crippen molar-refractivity contribution >= 4 is 17.7 Å². The lowest BCUT2D eigenvalue weighted by molar-refractivity contribution is -0.141. The lowest BCUT2D eigenvalue weighted by Gasteiger charge is -2.40. The number of carboxylic acids is 1. The molecule has 0 spiro atoms. The minimum Gasteiger partial charge on any atom is -0.481 e. The second-order valence-corrected chi connectivity index (χ2v) is 5.39. The summed E-state index contributed by atoms with van der Waals surface area (Å²) >= 11 is 0. The van der Waals surface area contributed by atoms with E-state index in [1.165, 1.54) is 0 Å². The van der Waals surface area contributed by atoms with Crippen molar-refractivity contribution in [2.75, 3.05) is 11.9 Å². The molecule has 0 aromatic heterocycles. The second kappa shape index (κ2) is 6.07. The van der Waals surface area contributed by atoms with Gasteiger partial charge in [-0.15, -0.1) is 0 Å². The largest absolute Gasteiger partial charge is 0.481 e. The second-order valence-electron chi connectivity index (χ2n) is 5.39. The number of carbonyl (C=O) groups is 2. The fraction of sp³-hybridized carbons (Fsp3) is 0.429. The van der Waals surface area contributed by atoms with Crippen molar-refractivity contribution in [3.8, 4) is 0 Å². The van der Waals surface area contributed by atoms with E-state index in [4.69, 9.17) is 5.11 Å². The summed E-state index contributed by atoms with van der Waals surface area (Å²) in [5.41, 5.74) is -0.401. The number of rotatable bonds is 5. The standard InChI is InChI=1S/C14H16F2N2O3/c15-9-4-10(16)6-11(5-9)18-13(21)17-8-14(2-1-3-14)7-12(19)20/h4-6H,1-3,7-8H2,(H,19,20)(H2,17,18,21). The molecule has 1 aliphatic carbocycles. The molecule has 1 aromatic carbocycles. The number of carbonyl (C=O) groups excluding carboxylic acids is 1. The van der Waals surface area contributed by atoms with Gasteiger partial charge in [0.1, 0.15) is 11.6 Å². The van der Waals surface area contributed by atoms with Gasteiger partial charge in [0, 0.05) is 18.3 Å². The molecule has 0 atom stereocenters. The van der Waals surface area contributed by atoms with Gasteiger partial charge < -0.3 is 15.7 Å². The molecular formula is C14H16F2N2O3. The monoisotopic (exact) mass is 298 g/mol. The van der Waals surface area contributed by atoms with Crippen LogP contribution in [0.25, 0.3) is 0 Å². The maximum absolute atomic E-state index is 13.0. The summed E-state index contributed by atoms with van der Waals surface area (Å²) in [4.78, 5) is 22.5. The first-order chi connectivity index (χ1) is 9.88. The van der Waals surface area contributed by atoms with Crippen LogP contribution in [-0.2, 0) is 4.79 Å². The molecule has 5 nitrogen and oxygen atoms in total. The third kappa shape index (κ3) is 4.14. The van der Waals surface area contributed by atoms with Crippen molar-refractivity contribution in [1.82, 2.24) is 5.32 Å². The number of anilines is 1. The molecule has 2 rings (SSSR count). The Bertz CT molecular complexity index is 539. The van der Waals surface area contributed by atoms with Gasteiger partial charge in [-0.05, 0) is 30.4 Å². The van der Waals surface area contributed by atoms with Gasteiger partial charge >= 0.3 is 12.0 Å². The number of nitrogens with one attached hydrogen (secondary N) is 2. The molecule has 2 amide bonds. The van der Waals surface area contributed by atoms with Crippen LogP contribution in [0.15, 0.2) is 18.2 Å². The van der Waals surface area contributed by atoms with Crippen molar-refractivity contribution < 1.29 is 23.5 Å². The number of benzene rings is 1. The van der Waals surface area contributed by atoms with Crippen molar-refractivity contribution in [2.24, 2.45) is 5.41 Å². The van der Waals surface area contributed by atoms with E-state index in [1.54, 1.807) is 0 Å². The van der Waals surface area contributed by atoms with E-state index in [0.717, 1.165) is 31.4 Å². The van der Waals surface area contributed by atoms with Gasteiger partial charge in [-0.2, -0.15) is 0 Å². The molecule has 0 radical (unpaired) electrons. The van der Waals surface area contributed by atoms with E-state index < -0.39 is 29.0 Å². The third-order valence-corrected chi connectivity index (χ3v) is 3.68. The van der Waals surface area contributed by atoms with Gasteiger partial charge in [0.05, 0.1) is 6.42 Å². The summed E-state index contributed by atoms with van der Waals surface area (Å²) in [5, 5.41) is 13.7. The molecule has 7 heteroatoms. The highest BCUT2D eigenvalue weighted by atomic mass is 19.1. The summed E-state index contributed by atoms with van der Waals surface area (Å²) in [6.07, 6.45) is 2.43. The molecule has 1 saturated carbocycles. The van der Waals surface area contributed by atoms with Crippen molar-refractivity contribution in [2.45, 2.75) is 25.7 Å². The molecule has 1 aromatic rings. The van der Waals surface area contributed by atoms with Crippen LogP contribution in [0.5, 0.6) is 0 Å². The van der Waals surface area contributed by atoms with E-state index >= 15 is 0 Å². The number of hydrogen-bond donors (Lipinski definition) is 3. The zero-order valence-corrected chi connectivity index (χ0v) is 11.3. The normalized spacial score (nSPS) is 15.9. The zero-order chi connectivity index (χ0) is 15.5. The van der Waals surface area contributed by atoms with Gasteiger partial charge in [0.2, 0.25) is 0 Å². The first kappa shape index (κ1) is 15.2. The summed E-state index contributed by atoms with van der Waals surface area (Å²) < 4.78 is 26.0. The van der Waals surface area contributed by atoms with Gasteiger partial charge in [-0.25, -0.2) is 13.6 Å². The Morgan fingerprint density at radius 1 is 1.19 bits per heavy atom. The first-order valence-corrected chi connectivity index (χ1v) is 6.61. The highest BCUT2D eigenvalue weighted by Gasteiger charge is 2.39. The van der Waals surface area contributed by atoms with Gasteiger partial charge in [0.15, 0.2) is 0 Å². The quantitative estimate of drug-likeness (QED) is 0.782. The number of amides is 2. The molecule has 21 heavy (non-hydrogen) atoms. The molecule has 0 bridgehead atoms. The van der Waals surface area contributed by atoms with E-state index in [-0.39, 0.29) is 18.7 Å². The molecule has 0 heterocycles. The highest BCUT2D eigenvalue weighted by Crippen LogP contribution is 2.43. The summed E-state index contributed by atoms with van der Waals surface area (Å²) in [6.45, 7) is 0.225. The van der Waals surface area contributed by atoms with Crippen molar-refractivity contribution in [3.05, 3.63) is 29.8 Å². The van der Waals surface area contributed by atoms with Gasteiger partial charge in [-0.1, -0.05) is 6.42 Å². The fourth-order valence-corrected chi connectivity index (χ4v) is 2.48. The third-order valence-electron chi connectivity index (χ3n) is 3.68. The van der Waals surface area contributed by atoms with E-state index in [9.17, 15) is 18.4 Å². The van der Waals surface area contributed by atoms with Crippen LogP contribution in [0.3, 0.4) is 0 Å². The van der Waals surface area contributed by atoms with Gasteiger partial charge in [-0.3, -0.25) is 4.79 Å². The summed E-state index contributed by atoms with van der Waals surface area (Å²) in [6, 6.07) is 2.09. The number of hydrogen-bond acceptors (Lipinski definition) is 2. The van der Waals surface area contributed by atoms with Crippen LogP contribution in [0.4, 0.5) is 19.3 Å². The van der Waals surface area contributed by atoms with Crippen LogP contribution >= 0.6 is 0 Å². The Hall–Kier alpha value is -2.18. The molecule has 1 aliphatic rings. The van der Waals surface area contributed by atoms with E-state index in [1.807, 2.05) is 0 Å². The first-order valence-electron chi connectivity index (χ1n) is 6.61. The molecule has 3 N–H and O–H groups in total. The lowest BCUT2D eigenvalue weighted by atomic mass is 9.66. The fourth-order valence-electron chi connectivity index (χ4n) is 2.48. The average Bonchev–Trinajstić information content (AvgIpc) is 2.30. The van der Waals surface area contributed by atoms with Crippen LogP contribution in [-0.4, -0.2) is 23.7 Å².